The minimum absolute atomic E-state index is 0.0412. The molecule has 2 N–H and O–H groups in total. The molecule has 2 aliphatic carbocycles. The highest BCUT2D eigenvalue weighted by atomic mass is 16.5. The van der Waals surface area contributed by atoms with Crippen LogP contribution in [0, 0.1) is 5.92 Å². The fourth-order valence-electron chi connectivity index (χ4n) is 3.09. The van der Waals surface area contributed by atoms with Crippen molar-refractivity contribution in [2.75, 3.05) is 12.4 Å². The molecule has 0 aromatic carbocycles. The highest BCUT2D eigenvalue weighted by molar-refractivity contribution is 5.93. The van der Waals surface area contributed by atoms with Crippen LogP contribution in [0.15, 0.2) is 12.1 Å². The highest BCUT2D eigenvalue weighted by Gasteiger charge is 2.30. The molecule has 23 heavy (non-hydrogen) atoms. The van der Waals surface area contributed by atoms with Gasteiger partial charge in [-0.1, -0.05) is 19.9 Å². The van der Waals surface area contributed by atoms with Crippen LogP contribution >= 0.6 is 0 Å². The van der Waals surface area contributed by atoms with Gasteiger partial charge < -0.3 is 15.2 Å². The summed E-state index contributed by atoms with van der Waals surface area (Å²) < 4.78 is 5.41. The maximum absolute atomic E-state index is 11.8. The average molecular weight is 320 g/mol. The molecule has 128 valence electrons. The smallest absolute Gasteiger partial charge is 0.228 e. The molecule has 1 aromatic rings. The minimum Gasteiger partial charge on any atom is -0.390 e. The van der Waals surface area contributed by atoms with Crippen LogP contribution in [0.25, 0.3) is 0 Å². The third-order valence-electron chi connectivity index (χ3n) is 4.52. The van der Waals surface area contributed by atoms with Crippen LogP contribution in [0.2, 0.25) is 0 Å². The number of aliphatic hydroxyl groups is 1. The molecule has 2 atom stereocenters. The SMILES string of the molecule is CC.COC1CCC(c2ccc(NC(=O)C3CC3)nc2CO)C1. The van der Waals surface area contributed by atoms with Gasteiger partial charge in [-0.15, -0.1) is 0 Å². The van der Waals surface area contributed by atoms with E-state index >= 15 is 0 Å². The van der Waals surface area contributed by atoms with E-state index in [2.05, 4.69) is 10.3 Å². The van der Waals surface area contributed by atoms with Crippen molar-refractivity contribution >= 4 is 11.7 Å². The fraction of sp³-hybridized carbons (Fsp3) is 0.667. The van der Waals surface area contributed by atoms with Crippen LogP contribution in [0.5, 0.6) is 0 Å². The monoisotopic (exact) mass is 320 g/mol. The maximum atomic E-state index is 11.8. The zero-order valence-electron chi connectivity index (χ0n) is 14.3. The zero-order valence-corrected chi connectivity index (χ0v) is 14.3. The Balaban J connectivity index is 0.000000924. The van der Waals surface area contributed by atoms with Crippen LogP contribution < -0.4 is 5.32 Å². The standard InChI is InChI=1S/C16H22N2O3.C2H6/c1-21-12-5-4-11(8-12)13-6-7-15(17-14(13)9-19)18-16(20)10-2-3-10;1-2/h6-7,10-12,19H,2-5,8-9H2,1H3,(H,17,18,20);1-2H3. The molecule has 1 heterocycles. The molecule has 0 saturated heterocycles. The minimum atomic E-state index is -0.101. The second kappa shape index (κ2) is 8.41. The average Bonchev–Trinajstić information content (AvgIpc) is 3.34. The number of anilines is 1. The number of aliphatic hydroxyl groups excluding tert-OH is 1. The van der Waals surface area contributed by atoms with Crippen LogP contribution in [0.3, 0.4) is 0 Å². The van der Waals surface area contributed by atoms with Crippen molar-refractivity contribution in [3.63, 3.8) is 0 Å². The maximum Gasteiger partial charge on any atom is 0.228 e. The van der Waals surface area contributed by atoms with Crippen LogP contribution in [0.1, 0.15) is 63.1 Å². The largest absolute Gasteiger partial charge is 0.390 e. The molecule has 2 unspecified atom stereocenters. The van der Waals surface area contributed by atoms with Crippen LogP contribution in [-0.2, 0) is 16.1 Å². The van der Waals surface area contributed by atoms with E-state index in [1.807, 2.05) is 26.0 Å². The number of carbonyl (C=O) groups excluding carboxylic acids is 1. The van der Waals surface area contributed by atoms with Crippen molar-refractivity contribution in [2.24, 2.45) is 5.92 Å². The zero-order chi connectivity index (χ0) is 16.8. The van der Waals surface area contributed by atoms with Crippen molar-refractivity contribution in [3.05, 3.63) is 23.4 Å². The number of pyridine rings is 1. The summed E-state index contributed by atoms with van der Waals surface area (Å²) in [5, 5.41) is 12.4. The Kier molecular flexibility index (Phi) is 6.54. The number of nitrogens with zero attached hydrogens (tertiary/aromatic N) is 1. The molecule has 0 radical (unpaired) electrons. The molecule has 2 saturated carbocycles. The third kappa shape index (κ3) is 4.52. The van der Waals surface area contributed by atoms with E-state index in [4.69, 9.17) is 4.74 Å². The van der Waals surface area contributed by atoms with Crippen molar-refractivity contribution < 1.29 is 14.6 Å². The van der Waals surface area contributed by atoms with E-state index < -0.39 is 0 Å². The Morgan fingerprint density at radius 3 is 2.61 bits per heavy atom. The molecule has 1 aromatic heterocycles. The van der Waals surface area contributed by atoms with Crippen molar-refractivity contribution in [1.82, 2.24) is 4.98 Å². The fourth-order valence-corrected chi connectivity index (χ4v) is 3.09. The molecular weight excluding hydrogens is 292 g/mol. The number of hydrogen-bond donors (Lipinski definition) is 2. The normalized spacial score (nSPS) is 23.1. The number of rotatable bonds is 5. The van der Waals surface area contributed by atoms with E-state index in [0.717, 1.165) is 37.7 Å². The van der Waals surface area contributed by atoms with Gasteiger partial charge in [0.2, 0.25) is 5.91 Å². The van der Waals surface area contributed by atoms with Gasteiger partial charge in [0.15, 0.2) is 0 Å². The van der Waals surface area contributed by atoms with Gasteiger partial charge in [0.05, 0.1) is 18.4 Å². The van der Waals surface area contributed by atoms with Crippen molar-refractivity contribution in [1.29, 1.82) is 0 Å². The molecule has 3 rings (SSSR count). The molecule has 5 heteroatoms. The van der Waals surface area contributed by atoms with Crippen LogP contribution in [-0.4, -0.2) is 29.2 Å². The van der Waals surface area contributed by atoms with Gasteiger partial charge in [0.1, 0.15) is 5.82 Å². The van der Waals surface area contributed by atoms with Crippen molar-refractivity contribution in [3.8, 4) is 0 Å². The Morgan fingerprint density at radius 1 is 1.30 bits per heavy atom. The van der Waals surface area contributed by atoms with Gasteiger partial charge in [-0.3, -0.25) is 4.79 Å². The Morgan fingerprint density at radius 2 is 2.04 bits per heavy atom. The molecule has 2 fully saturated rings. The quantitative estimate of drug-likeness (QED) is 0.874. The second-order valence-electron chi connectivity index (χ2n) is 6.02. The summed E-state index contributed by atoms with van der Waals surface area (Å²) >= 11 is 0. The lowest BCUT2D eigenvalue weighted by Gasteiger charge is -2.15. The number of aromatic nitrogens is 1. The number of nitrogens with one attached hydrogen (secondary N) is 1. The van der Waals surface area contributed by atoms with E-state index in [1.165, 1.54) is 0 Å². The first-order valence-electron chi connectivity index (χ1n) is 8.65. The third-order valence-corrected chi connectivity index (χ3v) is 4.52. The second-order valence-corrected chi connectivity index (χ2v) is 6.02. The first-order chi connectivity index (χ1) is 11.2. The lowest BCUT2D eigenvalue weighted by Crippen LogP contribution is -2.15. The Labute approximate surface area is 138 Å². The number of ether oxygens (including phenoxy) is 1. The van der Waals surface area contributed by atoms with E-state index in [-0.39, 0.29) is 18.4 Å². The summed E-state index contributed by atoms with van der Waals surface area (Å²) in [6, 6.07) is 3.83. The van der Waals surface area contributed by atoms with E-state index in [1.54, 1.807) is 7.11 Å². The summed E-state index contributed by atoms with van der Waals surface area (Å²) in [5.41, 5.74) is 1.76. The summed E-state index contributed by atoms with van der Waals surface area (Å²) in [5.74, 6) is 1.12. The summed E-state index contributed by atoms with van der Waals surface area (Å²) in [6.07, 6.45) is 5.32. The summed E-state index contributed by atoms with van der Waals surface area (Å²) in [7, 11) is 1.74. The van der Waals surface area contributed by atoms with Gasteiger partial charge in [-0.2, -0.15) is 0 Å². The topological polar surface area (TPSA) is 71.5 Å². The Bertz CT molecular complexity index is 529. The predicted octanol–water partition coefficient (Wildman–Crippen LogP) is 3.23. The van der Waals surface area contributed by atoms with Crippen molar-refractivity contribution in [2.45, 2.75) is 64.6 Å². The number of carbonyl (C=O) groups is 1. The van der Waals surface area contributed by atoms with Gasteiger partial charge in [-0.05, 0) is 49.7 Å². The summed E-state index contributed by atoms with van der Waals surface area (Å²) in [6.45, 7) is 3.90. The summed E-state index contributed by atoms with van der Waals surface area (Å²) in [4.78, 5) is 16.2. The van der Waals surface area contributed by atoms with E-state index in [0.29, 0.717) is 23.5 Å². The number of hydrogen-bond acceptors (Lipinski definition) is 4. The molecule has 0 spiro atoms. The molecule has 0 aliphatic heterocycles. The molecular formula is C18H28N2O3. The highest BCUT2D eigenvalue weighted by Crippen LogP contribution is 2.37. The first-order valence-corrected chi connectivity index (χ1v) is 8.65. The lowest BCUT2D eigenvalue weighted by atomic mass is 9.96. The molecule has 0 bridgehead atoms. The number of methoxy groups -OCH3 is 1. The van der Waals surface area contributed by atoms with Gasteiger partial charge in [0, 0.05) is 13.0 Å². The van der Waals surface area contributed by atoms with Gasteiger partial charge in [-0.25, -0.2) is 4.98 Å². The lowest BCUT2D eigenvalue weighted by molar-refractivity contribution is -0.117. The molecule has 5 nitrogen and oxygen atoms in total. The number of amides is 1. The molecule has 2 aliphatic rings. The Hall–Kier alpha value is -1.46. The predicted molar refractivity (Wildman–Crippen MR) is 90.3 cm³/mol. The first kappa shape index (κ1) is 17.9. The van der Waals surface area contributed by atoms with Gasteiger partial charge >= 0.3 is 0 Å². The van der Waals surface area contributed by atoms with Gasteiger partial charge in [0.25, 0.3) is 0 Å². The van der Waals surface area contributed by atoms with Crippen LogP contribution in [0.4, 0.5) is 5.82 Å². The van der Waals surface area contributed by atoms with E-state index in [9.17, 15) is 9.90 Å². The molecule has 1 amide bonds.